The van der Waals surface area contributed by atoms with Crippen LogP contribution in [0.4, 0.5) is 0 Å². The van der Waals surface area contributed by atoms with Gasteiger partial charge in [-0.25, -0.2) is 4.79 Å². The number of aromatic nitrogens is 2. The molecule has 0 atom stereocenters. The van der Waals surface area contributed by atoms with Gasteiger partial charge in [-0.1, -0.05) is 72.3 Å². The first-order valence-corrected chi connectivity index (χ1v) is 12.8. The van der Waals surface area contributed by atoms with Gasteiger partial charge in [-0.2, -0.15) is 10.2 Å². The molecular formula is C32H23ClN4O2. The molecule has 0 aliphatic carbocycles. The van der Waals surface area contributed by atoms with Crippen LogP contribution in [0, 0.1) is 11.3 Å². The third-order valence-corrected chi connectivity index (χ3v) is 6.99. The van der Waals surface area contributed by atoms with Gasteiger partial charge >= 0.3 is 5.69 Å². The zero-order chi connectivity index (χ0) is 27.1. The van der Waals surface area contributed by atoms with Crippen LogP contribution in [-0.2, 0) is 6.54 Å². The van der Waals surface area contributed by atoms with Gasteiger partial charge in [-0.05, 0) is 61.1 Å². The molecule has 6 rings (SSSR count). The average molecular weight is 531 g/mol. The summed E-state index contributed by atoms with van der Waals surface area (Å²) in [4.78, 5) is 20.2. The summed E-state index contributed by atoms with van der Waals surface area (Å²) in [6.07, 6.45) is 0. The molecule has 0 saturated carbocycles. The van der Waals surface area contributed by atoms with Crippen LogP contribution in [0.2, 0.25) is 5.02 Å². The molecule has 0 aliphatic rings. The molecule has 2 aromatic heterocycles. The molecule has 190 valence electrons. The Morgan fingerprint density at radius 3 is 2.38 bits per heavy atom. The first kappa shape index (κ1) is 24.6. The van der Waals surface area contributed by atoms with Crippen molar-refractivity contribution in [3.63, 3.8) is 0 Å². The van der Waals surface area contributed by atoms with E-state index in [1.165, 1.54) is 10.1 Å². The summed E-state index contributed by atoms with van der Waals surface area (Å²) in [5.74, 6) is 0. The number of benzene rings is 4. The molecule has 4 aromatic carbocycles. The van der Waals surface area contributed by atoms with Crippen LogP contribution in [0.5, 0.6) is 0 Å². The quantitative estimate of drug-likeness (QED) is 0.239. The molecule has 7 heteroatoms. The van der Waals surface area contributed by atoms with E-state index in [4.69, 9.17) is 16.0 Å². The standard InChI is InChI=1S/C32H23ClN4O2/c1-36(2)19-20-8-10-21(11-9-20)23-12-15-28-26(17-23)30-31(39-28)29(22-6-4-3-5-7-22)35-32(38)37(30)25-13-14-27(33)24(16-25)18-34/h3-17H,19H2,1-2H3. The van der Waals surface area contributed by atoms with Crippen molar-refractivity contribution < 1.29 is 4.42 Å². The minimum atomic E-state index is -0.478. The number of halogens is 1. The minimum Gasteiger partial charge on any atom is -0.452 e. The Balaban J connectivity index is 1.64. The van der Waals surface area contributed by atoms with Gasteiger partial charge in [-0.15, -0.1) is 0 Å². The number of hydrogen-bond acceptors (Lipinski definition) is 5. The lowest BCUT2D eigenvalue weighted by atomic mass is 10.0. The molecule has 0 radical (unpaired) electrons. The van der Waals surface area contributed by atoms with Gasteiger partial charge in [0.05, 0.1) is 16.3 Å². The molecule has 0 saturated heterocycles. The van der Waals surface area contributed by atoms with E-state index in [0.29, 0.717) is 33.1 Å². The summed E-state index contributed by atoms with van der Waals surface area (Å²) in [6.45, 7) is 0.860. The third kappa shape index (κ3) is 4.48. The number of furan rings is 1. The van der Waals surface area contributed by atoms with Crippen molar-refractivity contribution in [3.05, 3.63) is 118 Å². The zero-order valence-electron chi connectivity index (χ0n) is 21.4. The highest BCUT2D eigenvalue weighted by atomic mass is 35.5. The fourth-order valence-corrected chi connectivity index (χ4v) is 5.04. The number of hydrogen-bond donors (Lipinski definition) is 0. The van der Waals surface area contributed by atoms with E-state index in [2.05, 4.69) is 40.2 Å². The Kier molecular flexibility index (Phi) is 6.24. The summed E-state index contributed by atoms with van der Waals surface area (Å²) in [5, 5.41) is 10.7. The number of nitriles is 1. The van der Waals surface area contributed by atoms with Gasteiger partial charge in [0, 0.05) is 17.5 Å². The van der Waals surface area contributed by atoms with E-state index >= 15 is 0 Å². The molecule has 6 aromatic rings. The van der Waals surface area contributed by atoms with Crippen LogP contribution in [0.3, 0.4) is 0 Å². The molecule has 0 spiro atoms. The maximum absolute atomic E-state index is 13.6. The molecule has 0 fully saturated rings. The van der Waals surface area contributed by atoms with Gasteiger partial charge in [-0.3, -0.25) is 4.57 Å². The maximum Gasteiger partial charge on any atom is 0.353 e. The minimum absolute atomic E-state index is 0.271. The SMILES string of the molecule is CN(C)Cc1ccc(-c2ccc3oc4c(-c5ccccc5)nc(=O)n(-c5ccc(Cl)c(C#N)c5)c4c3c2)cc1. The van der Waals surface area contributed by atoms with E-state index < -0.39 is 5.69 Å². The molecule has 0 unspecified atom stereocenters. The summed E-state index contributed by atoms with van der Waals surface area (Å²) in [7, 11) is 4.09. The summed E-state index contributed by atoms with van der Waals surface area (Å²) >= 11 is 6.20. The Bertz CT molecular complexity index is 1950. The first-order chi connectivity index (χ1) is 18.9. The fourth-order valence-electron chi connectivity index (χ4n) is 4.88. The molecule has 0 aliphatic heterocycles. The second-order valence-corrected chi connectivity index (χ2v) is 10.1. The van der Waals surface area contributed by atoms with Crippen LogP contribution < -0.4 is 5.69 Å². The molecule has 2 heterocycles. The number of nitrogens with zero attached hydrogens (tertiary/aromatic N) is 4. The molecular weight excluding hydrogens is 508 g/mol. The van der Waals surface area contributed by atoms with Crippen LogP contribution in [0.15, 0.2) is 100 Å². The number of rotatable bonds is 5. The van der Waals surface area contributed by atoms with E-state index in [1.807, 2.05) is 62.6 Å². The fraction of sp³-hybridized carbons (Fsp3) is 0.0938. The monoisotopic (exact) mass is 530 g/mol. The summed E-state index contributed by atoms with van der Waals surface area (Å²) in [5.41, 5.74) is 6.49. The van der Waals surface area contributed by atoms with Crippen molar-refractivity contribution in [1.82, 2.24) is 14.5 Å². The average Bonchev–Trinajstić information content (AvgIpc) is 3.32. The predicted molar refractivity (Wildman–Crippen MR) is 155 cm³/mol. The van der Waals surface area contributed by atoms with Crippen molar-refractivity contribution >= 4 is 33.7 Å². The topological polar surface area (TPSA) is 75.1 Å². The normalized spacial score (nSPS) is 11.4. The predicted octanol–water partition coefficient (Wildman–Crippen LogP) is 7.05. The third-order valence-electron chi connectivity index (χ3n) is 6.66. The maximum atomic E-state index is 13.6. The highest BCUT2D eigenvalue weighted by Gasteiger charge is 2.21. The second kappa shape index (κ2) is 9.88. The Morgan fingerprint density at radius 2 is 1.67 bits per heavy atom. The highest BCUT2D eigenvalue weighted by Crippen LogP contribution is 2.37. The zero-order valence-corrected chi connectivity index (χ0v) is 22.1. The van der Waals surface area contributed by atoms with E-state index in [1.54, 1.807) is 18.2 Å². The van der Waals surface area contributed by atoms with E-state index in [9.17, 15) is 10.1 Å². The lowest BCUT2D eigenvalue weighted by molar-refractivity contribution is 0.402. The molecule has 0 bridgehead atoms. The molecule has 6 nitrogen and oxygen atoms in total. The van der Waals surface area contributed by atoms with Crippen molar-refractivity contribution in [2.75, 3.05) is 14.1 Å². The summed E-state index contributed by atoms with van der Waals surface area (Å²) in [6, 6.07) is 30.9. The van der Waals surface area contributed by atoms with Gasteiger partial charge in [0.25, 0.3) is 0 Å². The number of fused-ring (bicyclic) bond motifs is 3. The largest absolute Gasteiger partial charge is 0.452 e. The molecule has 0 N–H and O–H groups in total. The lowest BCUT2D eigenvalue weighted by Crippen LogP contribution is -2.22. The van der Waals surface area contributed by atoms with Crippen molar-refractivity contribution in [1.29, 1.82) is 5.26 Å². The van der Waals surface area contributed by atoms with Crippen molar-refractivity contribution in [3.8, 4) is 34.1 Å². The smallest absolute Gasteiger partial charge is 0.353 e. The van der Waals surface area contributed by atoms with Crippen LogP contribution in [0.25, 0.3) is 50.1 Å². The van der Waals surface area contributed by atoms with Crippen LogP contribution in [0.1, 0.15) is 11.1 Å². The molecule has 39 heavy (non-hydrogen) atoms. The van der Waals surface area contributed by atoms with Gasteiger partial charge < -0.3 is 9.32 Å². The highest BCUT2D eigenvalue weighted by molar-refractivity contribution is 6.31. The Morgan fingerprint density at radius 1 is 0.923 bits per heavy atom. The van der Waals surface area contributed by atoms with Crippen molar-refractivity contribution in [2.24, 2.45) is 0 Å². The van der Waals surface area contributed by atoms with E-state index in [0.717, 1.165) is 28.6 Å². The van der Waals surface area contributed by atoms with Gasteiger partial charge in [0.2, 0.25) is 0 Å². The Labute approximate surface area is 229 Å². The van der Waals surface area contributed by atoms with E-state index in [-0.39, 0.29) is 5.56 Å². The Hall–Kier alpha value is -4.70. The van der Waals surface area contributed by atoms with Gasteiger partial charge in [0.15, 0.2) is 5.58 Å². The van der Waals surface area contributed by atoms with Crippen molar-refractivity contribution in [2.45, 2.75) is 6.54 Å². The second-order valence-electron chi connectivity index (χ2n) is 9.65. The summed E-state index contributed by atoms with van der Waals surface area (Å²) < 4.78 is 7.87. The lowest BCUT2D eigenvalue weighted by Gasteiger charge is -2.11. The first-order valence-electron chi connectivity index (χ1n) is 12.4. The van der Waals surface area contributed by atoms with Gasteiger partial charge in [0.1, 0.15) is 22.9 Å². The van der Waals surface area contributed by atoms with Crippen LogP contribution >= 0.6 is 11.6 Å². The molecule has 0 amide bonds. The van der Waals surface area contributed by atoms with Crippen LogP contribution in [-0.4, -0.2) is 28.5 Å².